The van der Waals surface area contributed by atoms with Crippen LogP contribution >= 0.6 is 0 Å². The molecule has 3 heterocycles. The van der Waals surface area contributed by atoms with E-state index in [0.29, 0.717) is 24.2 Å². The lowest BCUT2D eigenvalue weighted by Crippen LogP contribution is -2.32. The van der Waals surface area contributed by atoms with Crippen molar-refractivity contribution in [3.8, 4) is 0 Å². The van der Waals surface area contributed by atoms with Crippen LogP contribution in [0.3, 0.4) is 0 Å². The Morgan fingerprint density at radius 2 is 2.30 bits per heavy atom. The van der Waals surface area contributed by atoms with Crippen LogP contribution in [0.15, 0.2) is 35.6 Å². The van der Waals surface area contributed by atoms with Gasteiger partial charge >= 0.3 is 0 Å². The molecule has 3 rings (SSSR count). The van der Waals surface area contributed by atoms with Gasteiger partial charge in [0.05, 0.1) is 11.5 Å². The Bertz CT molecular complexity index is 744. The molecule has 0 aromatic carbocycles. The monoisotopic (exact) mass is 333 g/mol. The van der Waals surface area contributed by atoms with E-state index < -0.39 is 10.9 Å². The van der Waals surface area contributed by atoms with Crippen molar-refractivity contribution in [2.45, 2.75) is 23.8 Å². The molecule has 0 fully saturated rings. The van der Waals surface area contributed by atoms with E-state index in [4.69, 9.17) is 4.78 Å². The van der Waals surface area contributed by atoms with E-state index in [9.17, 15) is 9.90 Å². The second-order valence-electron chi connectivity index (χ2n) is 5.46. The van der Waals surface area contributed by atoms with Crippen LogP contribution in [0.1, 0.15) is 22.5 Å². The van der Waals surface area contributed by atoms with E-state index >= 15 is 0 Å². The molecular formula is C15H19N5O2S. The van der Waals surface area contributed by atoms with Crippen molar-refractivity contribution in [2.24, 2.45) is 7.05 Å². The lowest BCUT2D eigenvalue weighted by Gasteiger charge is -2.13. The van der Waals surface area contributed by atoms with Crippen LogP contribution in [0, 0.1) is 4.78 Å². The summed E-state index contributed by atoms with van der Waals surface area (Å²) in [5.74, 6) is -0.195. The zero-order valence-electron chi connectivity index (χ0n) is 12.7. The molecule has 122 valence electrons. The van der Waals surface area contributed by atoms with E-state index in [0.717, 1.165) is 10.5 Å². The molecule has 0 bridgehead atoms. The van der Waals surface area contributed by atoms with Gasteiger partial charge in [-0.15, -0.1) is 0 Å². The first-order chi connectivity index (χ1) is 11.1. The molecule has 2 aromatic rings. The third kappa shape index (κ3) is 3.19. The van der Waals surface area contributed by atoms with Gasteiger partial charge in [-0.2, -0.15) is 0 Å². The standard InChI is InChI=1S/C15H19N5O2S/c1-20-8-13-12(3-2-11(9-21)19-23(13)16)14(20)15(22)18-10-4-6-17-7-5-10/h4-8,11,21H,2-3,9H2,1H3,(H2,16,19)(H,17,18,22). The maximum atomic E-state index is 12.7. The molecule has 4 N–H and O–H groups in total. The first-order valence-corrected chi connectivity index (χ1v) is 8.54. The van der Waals surface area contributed by atoms with Crippen LogP contribution < -0.4 is 10.0 Å². The van der Waals surface area contributed by atoms with Gasteiger partial charge in [-0.1, -0.05) is 0 Å². The molecule has 0 aliphatic carbocycles. The summed E-state index contributed by atoms with van der Waals surface area (Å²) in [6.45, 7) is -0.00265. The number of aromatic nitrogens is 2. The molecule has 1 aliphatic heterocycles. The Morgan fingerprint density at radius 1 is 1.57 bits per heavy atom. The predicted molar refractivity (Wildman–Crippen MR) is 88.3 cm³/mol. The Labute approximate surface area is 136 Å². The van der Waals surface area contributed by atoms with Gasteiger partial charge in [0.15, 0.2) is 0 Å². The van der Waals surface area contributed by atoms with E-state index in [2.05, 4.69) is 15.0 Å². The Hall–Kier alpha value is -2.03. The molecule has 0 saturated heterocycles. The first kappa shape index (κ1) is 15.9. The molecule has 2 unspecified atom stereocenters. The SMILES string of the molecule is Cn1cc2c(c1C(=O)Nc1ccncc1)CCC(CO)NS2=N. The van der Waals surface area contributed by atoms with E-state index in [1.807, 2.05) is 13.2 Å². The summed E-state index contributed by atoms with van der Waals surface area (Å²) < 4.78 is 13.1. The zero-order chi connectivity index (χ0) is 16.4. The fourth-order valence-electron chi connectivity index (χ4n) is 2.72. The predicted octanol–water partition coefficient (Wildman–Crippen LogP) is 1.22. The Balaban J connectivity index is 1.92. The quantitative estimate of drug-likeness (QED) is 0.678. The first-order valence-electron chi connectivity index (χ1n) is 7.32. The summed E-state index contributed by atoms with van der Waals surface area (Å²) in [5.41, 5.74) is 2.15. The van der Waals surface area contributed by atoms with Gasteiger partial charge in [0.2, 0.25) is 0 Å². The fourth-order valence-corrected chi connectivity index (χ4v) is 4.09. The van der Waals surface area contributed by atoms with E-state index in [-0.39, 0.29) is 18.6 Å². The van der Waals surface area contributed by atoms with Crippen molar-refractivity contribution in [2.75, 3.05) is 11.9 Å². The van der Waals surface area contributed by atoms with Crippen LogP contribution in [-0.2, 0) is 24.3 Å². The summed E-state index contributed by atoms with van der Waals surface area (Å²) in [4.78, 5) is 17.4. The highest BCUT2D eigenvalue weighted by Crippen LogP contribution is 2.26. The van der Waals surface area contributed by atoms with Gasteiger partial charge in [0.25, 0.3) is 5.91 Å². The molecule has 2 atom stereocenters. The summed E-state index contributed by atoms with van der Waals surface area (Å²) in [5, 5.41) is 12.2. The number of pyridine rings is 1. The Kier molecular flexibility index (Phi) is 4.56. The molecular weight excluding hydrogens is 314 g/mol. The number of nitrogens with zero attached hydrogens (tertiary/aromatic N) is 2. The molecule has 1 amide bonds. The average Bonchev–Trinajstić information content (AvgIpc) is 2.80. The van der Waals surface area contributed by atoms with Gasteiger partial charge in [-0.3, -0.25) is 14.6 Å². The fraction of sp³-hybridized carbons (Fsp3) is 0.333. The number of hydrogen-bond acceptors (Lipinski definition) is 4. The van der Waals surface area contributed by atoms with Gasteiger partial charge in [-0.25, -0.2) is 4.72 Å². The second-order valence-corrected chi connectivity index (χ2v) is 6.75. The minimum absolute atomic E-state index is 0.00265. The number of aliphatic hydroxyl groups is 1. The van der Waals surface area contributed by atoms with Gasteiger partial charge < -0.3 is 15.0 Å². The summed E-state index contributed by atoms with van der Waals surface area (Å²) >= 11 is 0. The van der Waals surface area contributed by atoms with Crippen molar-refractivity contribution >= 4 is 22.5 Å². The van der Waals surface area contributed by atoms with Gasteiger partial charge in [-0.05, 0) is 41.4 Å². The average molecular weight is 333 g/mol. The van der Waals surface area contributed by atoms with Crippen LogP contribution in [0.2, 0.25) is 0 Å². The van der Waals surface area contributed by atoms with Crippen molar-refractivity contribution < 1.29 is 9.90 Å². The maximum absolute atomic E-state index is 12.7. The molecule has 0 saturated carbocycles. The minimum atomic E-state index is -0.936. The third-order valence-corrected chi connectivity index (χ3v) is 5.23. The summed E-state index contributed by atoms with van der Waals surface area (Å²) in [6, 6.07) is 3.36. The summed E-state index contributed by atoms with van der Waals surface area (Å²) in [6.07, 6.45) is 6.44. The van der Waals surface area contributed by atoms with Crippen molar-refractivity contribution in [1.29, 1.82) is 4.78 Å². The number of anilines is 1. The maximum Gasteiger partial charge on any atom is 0.272 e. The molecule has 7 nitrogen and oxygen atoms in total. The number of rotatable bonds is 3. The van der Waals surface area contributed by atoms with Crippen molar-refractivity contribution in [3.05, 3.63) is 42.0 Å². The number of hydrogen-bond donors (Lipinski definition) is 4. The Morgan fingerprint density at radius 3 is 3.00 bits per heavy atom. The topological polar surface area (TPSA) is 103 Å². The molecule has 8 heteroatoms. The van der Waals surface area contributed by atoms with E-state index in [1.165, 1.54) is 0 Å². The highest BCUT2D eigenvalue weighted by atomic mass is 32.2. The van der Waals surface area contributed by atoms with Crippen LogP contribution in [0.25, 0.3) is 0 Å². The van der Waals surface area contributed by atoms with Crippen molar-refractivity contribution in [3.63, 3.8) is 0 Å². The smallest absolute Gasteiger partial charge is 0.272 e. The number of aryl methyl sites for hydroxylation is 1. The van der Waals surface area contributed by atoms with Crippen LogP contribution in [-0.4, -0.2) is 33.2 Å². The number of aliphatic hydroxyl groups excluding tert-OH is 1. The molecule has 1 aliphatic rings. The lowest BCUT2D eigenvalue weighted by atomic mass is 10.1. The normalized spacial score (nSPS) is 20.6. The van der Waals surface area contributed by atoms with Crippen molar-refractivity contribution in [1.82, 2.24) is 14.3 Å². The molecule has 0 radical (unpaired) electrons. The number of fused-ring (bicyclic) bond motifs is 1. The minimum Gasteiger partial charge on any atom is -0.395 e. The largest absolute Gasteiger partial charge is 0.395 e. The number of amides is 1. The van der Waals surface area contributed by atoms with Gasteiger partial charge in [0.1, 0.15) is 5.69 Å². The van der Waals surface area contributed by atoms with Crippen LogP contribution in [0.4, 0.5) is 5.69 Å². The van der Waals surface area contributed by atoms with Gasteiger partial charge in [0, 0.05) is 37.4 Å². The molecule has 23 heavy (non-hydrogen) atoms. The summed E-state index contributed by atoms with van der Waals surface area (Å²) in [7, 11) is 0.881. The molecule has 0 spiro atoms. The lowest BCUT2D eigenvalue weighted by molar-refractivity contribution is 0.101. The second kappa shape index (κ2) is 6.61. The number of carbonyl (C=O) groups is 1. The number of carbonyl (C=O) groups excluding carboxylic acids is 1. The van der Waals surface area contributed by atoms with E-state index in [1.54, 1.807) is 29.1 Å². The number of nitrogens with one attached hydrogen (secondary N) is 3. The highest BCUT2D eigenvalue weighted by Gasteiger charge is 2.26. The zero-order valence-corrected chi connectivity index (χ0v) is 13.6. The van der Waals surface area contributed by atoms with Crippen LogP contribution in [0.5, 0.6) is 0 Å². The highest BCUT2D eigenvalue weighted by molar-refractivity contribution is 7.84. The third-order valence-electron chi connectivity index (χ3n) is 3.87. The molecule has 2 aromatic heterocycles.